The second-order valence-electron chi connectivity index (χ2n) is 7.83. The molecule has 2 aliphatic carbocycles. The summed E-state index contributed by atoms with van der Waals surface area (Å²) in [5.41, 5.74) is 0.712. The number of carbonyl (C=O) groups excluding carboxylic acids is 1. The fourth-order valence-electron chi connectivity index (χ4n) is 4.59. The highest BCUT2D eigenvalue weighted by molar-refractivity contribution is 5.93. The van der Waals surface area contributed by atoms with Crippen LogP contribution in [0, 0.1) is 0 Å². The van der Waals surface area contributed by atoms with E-state index in [2.05, 4.69) is 15.3 Å². The molecule has 0 spiro atoms. The molecule has 1 aromatic heterocycles. The number of hydrogen-bond acceptors (Lipinski definition) is 3. The van der Waals surface area contributed by atoms with Crippen LogP contribution in [0.25, 0.3) is 0 Å². The number of nitrogens with zero attached hydrogens (tertiary/aromatic N) is 3. The molecule has 5 nitrogen and oxygen atoms in total. The zero-order valence-corrected chi connectivity index (χ0v) is 14.6. The molecule has 3 fully saturated rings. The lowest BCUT2D eigenvalue weighted by molar-refractivity contribution is 0.0920. The van der Waals surface area contributed by atoms with Crippen LogP contribution in [-0.4, -0.2) is 45.8 Å². The molecule has 1 aliphatic heterocycles. The van der Waals surface area contributed by atoms with Crippen molar-refractivity contribution in [3.05, 3.63) is 18.0 Å². The number of likely N-dealkylation sites (tertiary alicyclic amines) is 1. The van der Waals surface area contributed by atoms with Crippen LogP contribution in [0.3, 0.4) is 0 Å². The summed E-state index contributed by atoms with van der Waals surface area (Å²) in [7, 11) is 0. The third kappa shape index (κ3) is 3.37. The molecule has 1 amide bonds. The minimum atomic E-state index is 0.0380. The second-order valence-corrected chi connectivity index (χ2v) is 7.83. The molecular weight excluding hydrogens is 300 g/mol. The summed E-state index contributed by atoms with van der Waals surface area (Å²) >= 11 is 0. The van der Waals surface area contributed by atoms with E-state index < -0.39 is 0 Å². The highest BCUT2D eigenvalue weighted by Crippen LogP contribution is 2.31. The first kappa shape index (κ1) is 16.1. The fraction of sp³-hybridized carbons (Fsp3) is 0.789. The van der Waals surface area contributed by atoms with E-state index in [0.717, 1.165) is 12.6 Å². The normalized spacial score (nSPS) is 26.4. The molecule has 5 heteroatoms. The van der Waals surface area contributed by atoms with E-state index >= 15 is 0 Å². The van der Waals surface area contributed by atoms with Crippen LogP contribution in [0.4, 0.5) is 0 Å². The summed E-state index contributed by atoms with van der Waals surface area (Å²) in [6.07, 6.45) is 16.7. The summed E-state index contributed by atoms with van der Waals surface area (Å²) in [4.78, 5) is 15.1. The summed E-state index contributed by atoms with van der Waals surface area (Å²) < 4.78 is 1.97. The third-order valence-corrected chi connectivity index (χ3v) is 6.28. The van der Waals surface area contributed by atoms with E-state index in [-0.39, 0.29) is 5.91 Å². The Bertz CT molecular complexity index is 559. The molecule has 1 N–H and O–H groups in total. The van der Waals surface area contributed by atoms with Crippen LogP contribution >= 0.6 is 0 Å². The van der Waals surface area contributed by atoms with Gasteiger partial charge in [-0.25, -0.2) is 0 Å². The lowest BCUT2D eigenvalue weighted by Gasteiger charge is -2.35. The van der Waals surface area contributed by atoms with E-state index in [4.69, 9.17) is 0 Å². The van der Waals surface area contributed by atoms with Crippen molar-refractivity contribution in [2.45, 2.75) is 82.3 Å². The molecule has 24 heavy (non-hydrogen) atoms. The smallest absolute Gasteiger partial charge is 0.254 e. The van der Waals surface area contributed by atoms with Crippen molar-refractivity contribution in [2.24, 2.45) is 0 Å². The Balaban J connectivity index is 1.30. The van der Waals surface area contributed by atoms with E-state index in [9.17, 15) is 4.79 Å². The Labute approximate surface area is 144 Å². The number of nitrogens with one attached hydrogen (secondary N) is 1. The highest BCUT2D eigenvalue weighted by Gasteiger charge is 2.31. The maximum absolute atomic E-state index is 12.4. The maximum Gasteiger partial charge on any atom is 0.254 e. The van der Waals surface area contributed by atoms with Crippen molar-refractivity contribution >= 4 is 5.91 Å². The summed E-state index contributed by atoms with van der Waals surface area (Å²) in [5, 5.41) is 7.54. The lowest BCUT2D eigenvalue weighted by Crippen LogP contribution is -2.45. The van der Waals surface area contributed by atoms with E-state index in [1.807, 2.05) is 10.9 Å². The molecule has 0 aromatic carbocycles. The Kier molecular flexibility index (Phi) is 4.88. The van der Waals surface area contributed by atoms with Crippen LogP contribution in [-0.2, 0) is 0 Å². The third-order valence-electron chi connectivity index (χ3n) is 6.28. The van der Waals surface area contributed by atoms with Crippen LogP contribution in [0.5, 0.6) is 0 Å². The molecule has 3 aliphatic rings. The van der Waals surface area contributed by atoms with Gasteiger partial charge in [0.2, 0.25) is 0 Å². The molecular formula is C19H30N4O. The van der Waals surface area contributed by atoms with Gasteiger partial charge in [0.05, 0.1) is 17.8 Å². The monoisotopic (exact) mass is 330 g/mol. The van der Waals surface area contributed by atoms with Gasteiger partial charge in [-0.1, -0.05) is 19.3 Å². The van der Waals surface area contributed by atoms with Gasteiger partial charge in [0.1, 0.15) is 0 Å². The summed E-state index contributed by atoms with van der Waals surface area (Å²) in [6, 6.07) is 1.80. The summed E-state index contributed by atoms with van der Waals surface area (Å²) in [5.74, 6) is 0.0380. The minimum absolute atomic E-state index is 0.0380. The molecule has 2 heterocycles. The molecule has 4 rings (SSSR count). The Morgan fingerprint density at radius 3 is 2.58 bits per heavy atom. The van der Waals surface area contributed by atoms with Gasteiger partial charge >= 0.3 is 0 Å². The molecule has 1 aromatic rings. The van der Waals surface area contributed by atoms with E-state index in [0.29, 0.717) is 17.6 Å². The van der Waals surface area contributed by atoms with Gasteiger partial charge < -0.3 is 5.32 Å². The predicted octanol–water partition coefficient (Wildman–Crippen LogP) is 3.14. The van der Waals surface area contributed by atoms with Crippen molar-refractivity contribution < 1.29 is 4.79 Å². The van der Waals surface area contributed by atoms with Crippen LogP contribution in [0.1, 0.15) is 80.6 Å². The van der Waals surface area contributed by atoms with Crippen molar-refractivity contribution in [3.63, 3.8) is 0 Å². The zero-order chi connectivity index (χ0) is 16.4. The average molecular weight is 330 g/mol. The largest absolute Gasteiger partial charge is 0.350 e. The van der Waals surface area contributed by atoms with Crippen molar-refractivity contribution in [1.29, 1.82) is 0 Å². The lowest BCUT2D eigenvalue weighted by atomic mass is 9.93. The van der Waals surface area contributed by atoms with Gasteiger partial charge in [-0.15, -0.1) is 0 Å². The zero-order valence-electron chi connectivity index (χ0n) is 14.6. The molecule has 1 unspecified atom stereocenters. The number of hydrogen-bond donors (Lipinski definition) is 1. The number of carbonyl (C=O) groups is 1. The number of amides is 1. The standard InChI is InChI=1S/C19H30N4O/c24-19(15-12-21-23(14-15)17-8-4-9-17)20-13-18-10-5-11-22(18)16-6-2-1-3-7-16/h12,14,16-18H,1-11,13H2,(H,20,24). The molecule has 1 saturated heterocycles. The first-order valence-electron chi connectivity index (χ1n) is 9.89. The minimum Gasteiger partial charge on any atom is -0.350 e. The Morgan fingerprint density at radius 1 is 1.04 bits per heavy atom. The summed E-state index contributed by atoms with van der Waals surface area (Å²) in [6.45, 7) is 1.99. The molecule has 0 radical (unpaired) electrons. The van der Waals surface area contributed by atoms with E-state index in [1.54, 1.807) is 6.20 Å². The first-order chi connectivity index (χ1) is 11.8. The predicted molar refractivity (Wildman–Crippen MR) is 94.0 cm³/mol. The molecule has 1 atom stereocenters. The first-order valence-corrected chi connectivity index (χ1v) is 9.89. The van der Waals surface area contributed by atoms with E-state index in [1.165, 1.54) is 70.8 Å². The van der Waals surface area contributed by atoms with Gasteiger partial charge in [0.25, 0.3) is 5.91 Å². The van der Waals surface area contributed by atoms with Crippen LogP contribution in [0.2, 0.25) is 0 Å². The van der Waals surface area contributed by atoms with Crippen molar-refractivity contribution in [1.82, 2.24) is 20.0 Å². The van der Waals surface area contributed by atoms with Gasteiger partial charge in [0, 0.05) is 24.8 Å². The molecule has 0 bridgehead atoms. The van der Waals surface area contributed by atoms with Crippen LogP contribution in [0.15, 0.2) is 12.4 Å². The highest BCUT2D eigenvalue weighted by atomic mass is 16.1. The fourth-order valence-corrected chi connectivity index (χ4v) is 4.59. The number of aromatic nitrogens is 2. The van der Waals surface area contributed by atoms with Crippen LogP contribution < -0.4 is 5.32 Å². The van der Waals surface area contributed by atoms with Gasteiger partial charge in [-0.05, 0) is 51.5 Å². The van der Waals surface area contributed by atoms with Gasteiger partial charge in [-0.3, -0.25) is 14.4 Å². The topological polar surface area (TPSA) is 50.2 Å². The molecule has 132 valence electrons. The SMILES string of the molecule is O=C(NCC1CCCN1C1CCCCC1)c1cnn(C2CCC2)c1. The maximum atomic E-state index is 12.4. The second kappa shape index (κ2) is 7.26. The average Bonchev–Trinajstić information content (AvgIpc) is 3.21. The van der Waals surface area contributed by atoms with Gasteiger partial charge in [-0.2, -0.15) is 5.10 Å². The van der Waals surface area contributed by atoms with Crippen molar-refractivity contribution in [3.8, 4) is 0 Å². The number of rotatable bonds is 5. The van der Waals surface area contributed by atoms with Gasteiger partial charge in [0.15, 0.2) is 0 Å². The Hall–Kier alpha value is -1.36. The quantitative estimate of drug-likeness (QED) is 0.902. The van der Waals surface area contributed by atoms with Crippen molar-refractivity contribution in [2.75, 3.05) is 13.1 Å². The molecule has 2 saturated carbocycles. The Morgan fingerprint density at radius 2 is 1.83 bits per heavy atom.